The molecule has 0 aliphatic carbocycles. The van der Waals surface area contributed by atoms with E-state index >= 15 is 0 Å². The molecule has 3 nitrogen and oxygen atoms in total. The lowest BCUT2D eigenvalue weighted by Gasteiger charge is -2.14. The third-order valence-electron chi connectivity index (χ3n) is 1.92. The third kappa shape index (κ3) is 11.2. The van der Waals surface area contributed by atoms with Gasteiger partial charge in [-0.25, -0.2) is 0 Å². The maximum absolute atomic E-state index is 5.70. The van der Waals surface area contributed by atoms with Crippen molar-refractivity contribution >= 4 is 24.3 Å². The van der Waals surface area contributed by atoms with Crippen LogP contribution in [0.15, 0.2) is 10.5 Å². The van der Waals surface area contributed by atoms with Gasteiger partial charge in [0, 0.05) is 5.82 Å². The number of hydrogen-bond acceptors (Lipinski definition) is 3. The van der Waals surface area contributed by atoms with Gasteiger partial charge in [0.05, 0.1) is 19.8 Å². The van der Waals surface area contributed by atoms with E-state index in [0.717, 1.165) is 38.9 Å². The minimum Gasteiger partial charge on any atom is -0.487 e. The molecule has 5 heteroatoms. The third-order valence-corrected chi connectivity index (χ3v) is 4.05. The summed E-state index contributed by atoms with van der Waals surface area (Å²) in [7, 11) is -0.969. The number of unbranched alkanes of at least 4 members (excludes halogenated alkanes) is 2. The van der Waals surface area contributed by atoms with Crippen molar-refractivity contribution in [1.29, 1.82) is 0 Å². The van der Waals surface area contributed by atoms with E-state index in [-0.39, 0.29) is 0 Å². The zero-order chi connectivity index (χ0) is 12.9. The Morgan fingerprint density at radius 1 is 1.06 bits per heavy atom. The summed E-state index contributed by atoms with van der Waals surface area (Å²) in [4.78, 5) is 0. The summed E-state index contributed by atoms with van der Waals surface area (Å²) in [6, 6.07) is 0. The van der Waals surface area contributed by atoms with Crippen molar-refractivity contribution in [3.8, 4) is 0 Å². The molecule has 0 unspecified atom stereocenters. The molecule has 0 aromatic heterocycles. The van der Waals surface area contributed by atoms with Crippen LogP contribution in [0.1, 0.15) is 46.5 Å². The summed E-state index contributed by atoms with van der Waals surface area (Å²) in [6.07, 6.45) is 4.40. The van der Waals surface area contributed by atoms with E-state index < -0.39 is 8.38 Å². The van der Waals surface area contributed by atoms with E-state index in [0.29, 0.717) is 11.3 Å². The van der Waals surface area contributed by atoms with Crippen LogP contribution in [0.4, 0.5) is 0 Å². The van der Waals surface area contributed by atoms with E-state index in [1.165, 1.54) is 0 Å². The number of rotatable bonds is 11. The Balaban J connectivity index is 4.03. The van der Waals surface area contributed by atoms with Crippen molar-refractivity contribution < 1.29 is 13.8 Å². The molecule has 0 saturated carbocycles. The first kappa shape index (κ1) is 17.4. The lowest BCUT2D eigenvalue weighted by Crippen LogP contribution is -1.94. The van der Waals surface area contributed by atoms with Crippen LogP contribution in [0.2, 0.25) is 0 Å². The highest BCUT2D eigenvalue weighted by Gasteiger charge is 2.08. The largest absolute Gasteiger partial charge is 0.487 e. The Morgan fingerprint density at radius 2 is 1.59 bits per heavy atom. The summed E-state index contributed by atoms with van der Waals surface area (Å²) in [5.74, 6) is 1.89. The molecule has 0 amide bonds. The summed E-state index contributed by atoms with van der Waals surface area (Å²) in [6.45, 7) is 8.39. The molecular formula is C12H24BrO3P. The van der Waals surface area contributed by atoms with Crippen molar-refractivity contribution in [1.82, 2.24) is 0 Å². The zero-order valence-corrected chi connectivity index (χ0v) is 13.6. The van der Waals surface area contributed by atoms with Gasteiger partial charge in [0.25, 0.3) is 0 Å². The average Bonchev–Trinajstić information content (AvgIpc) is 2.29. The van der Waals surface area contributed by atoms with E-state index in [4.69, 9.17) is 13.8 Å². The van der Waals surface area contributed by atoms with Crippen LogP contribution in [-0.2, 0) is 13.8 Å². The molecule has 0 atom stereocenters. The monoisotopic (exact) mass is 326 g/mol. The maximum Gasteiger partial charge on any atom is 0.201 e. The SMILES string of the molecule is CCCCOP(/C=C(/Br)OCC)OCCCC. The van der Waals surface area contributed by atoms with Crippen LogP contribution < -0.4 is 0 Å². The molecule has 0 N–H and O–H groups in total. The van der Waals surface area contributed by atoms with Gasteiger partial charge >= 0.3 is 0 Å². The predicted molar refractivity (Wildman–Crippen MR) is 77.3 cm³/mol. The van der Waals surface area contributed by atoms with Crippen molar-refractivity contribution in [3.63, 3.8) is 0 Å². The van der Waals surface area contributed by atoms with Crippen LogP contribution >= 0.6 is 24.3 Å². The van der Waals surface area contributed by atoms with Crippen LogP contribution in [0.25, 0.3) is 0 Å². The minimum absolute atomic E-state index is 0.643. The normalized spacial score (nSPS) is 12.2. The molecule has 0 saturated heterocycles. The molecule has 0 aromatic carbocycles. The Labute approximate surface area is 115 Å². The van der Waals surface area contributed by atoms with Crippen LogP contribution in [0.3, 0.4) is 0 Å². The molecule has 0 fully saturated rings. The summed E-state index contributed by atoms with van der Waals surface area (Å²) >= 11 is 3.35. The second-order valence-electron chi connectivity index (χ2n) is 3.53. The van der Waals surface area contributed by atoms with Gasteiger partial charge in [0.1, 0.15) is 0 Å². The standard InChI is InChI=1S/C12H24BrO3P/c1-4-7-9-15-17(16-10-8-5-2)11-12(13)14-6-3/h11H,4-10H2,1-3H3/b12-11-. The highest BCUT2D eigenvalue weighted by Crippen LogP contribution is 2.42. The van der Waals surface area contributed by atoms with Gasteiger partial charge in [-0.15, -0.1) is 0 Å². The zero-order valence-electron chi connectivity index (χ0n) is 11.1. The molecule has 0 rings (SSSR count). The molecule has 0 aliphatic rings. The first-order chi connectivity index (χ1) is 8.24. The van der Waals surface area contributed by atoms with Crippen LogP contribution in [0.5, 0.6) is 0 Å². The highest BCUT2D eigenvalue weighted by molar-refractivity contribution is 9.11. The average molecular weight is 327 g/mol. The Hall–Kier alpha value is 0.370. The maximum atomic E-state index is 5.70. The highest BCUT2D eigenvalue weighted by atomic mass is 79.9. The second-order valence-corrected chi connectivity index (χ2v) is 5.65. The minimum atomic E-state index is -0.969. The summed E-state index contributed by atoms with van der Waals surface area (Å²) in [5, 5.41) is 0. The molecule has 0 bridgehead atoms. The Bertz CT molecular complexity index is 190. The van der Waals surface area contributed by atoms with Gasteiger partial charge < -0.3 is 13.8 Å². The van der Waals surface area contributed by atoms with Gasteiger partial charge in [-0.1, -0.05) is 26.7 Å². The Kier molecular flexibility index (Phi) is 13.1. The topological polar surface area (TPSA) is 27.7 Å². The molecule has 0 aliphatic heterocycles. The quantitative estimate of drug-likeness (QED) is 0.298. The molecule has 0 radical (unpaired) electrons. The Morgan fingerprint density at radius 3 is 2.00 bits per heavy atom. The molecule has 0 aromatic rings. The molecule has 0 spiro atoms. The van der Waals surface area contributed by atoms with Gasteiger partial charge in [0.15, 0.2) is 4.67 Å². The lowest BCUT2D eigenvalue weighted by atomic mass is 10.4. The summed E-state index contributed by atoms with van der Waals surface area (Å²) < 4.78 is 17.4. The number of ether oxygens (including phenoxy) is 1. The van der Waals surface area contributed by atoms with E-state index in [1.807, 2.05) is 12.7 Å². The fourth-order valence-electron chi connectivity index (χ4n) is 0.968. The van der Waals surface area contributed by atoms with E-state index in [9.17, 15) is 0 Å². The van der Waals surface area contributed by atoms with Crippen molar-refractivity contribution in [2.45, 2.75) is 46.5 Å². The lowest BCUT2D eigenvalue weighted by molar-refractivity contribution is 0.243. The number of hydrogen-bond donors (Lipinski definition) is 0. The number of halogens is 1. The van der Waals surface area contributed by atoms with E-state index in [1.54, 1.807) is 0 Å². The second kappa shape index (κ2) is 12.8. The fourth-order valence-corrected chi connectivity index (χ4v) is 2.78. The fraction of sp³-hybridized carbons (Fsp3) is 0.833. The van der Waals surface area contributed by atoms with Gasteiger partial charge in [-0.2, -0.15) is 0 Å². The van der Waals surface area contributed by atoms with E-state index in [2.05, 4.69) is 29.8 Å². The first-order valence-electron chi connectivity index (χ1n) is 6.29. The molecule has 102 valence electrons. The molecule has 0 heterocycles. The van der Waals surface area contributed by atoms with Crippen molar-refractivity contribution in [2.24, 2.45) is 0 Å². The smallest absolute Gasteiger partial charge is 0.201 e. The van der Waals surface area contributed by atoms with Crippen molar-refractivity contribution in [2.75, 3.05) is 19.8 Å². The first-order valence-corrected chi connectivity index (χ1v) is 8.33. The van der Waals surface area contributed by atoms with Crippen LogP contribution in [0, 0.1) is 0 Å². The van der Waals surface area contributed by atoms with Gasteiger partial charge in [0.2, 0.25) is 8.38 Å². The van der Waals surface area contributed by atoms with Gasteiger partial charge in [-0.05, 0) is 35.7 Å². The molecular weight excluding hydrogens is 303 g/mol. The van der Waals surface area contributed by atoms with Crippen molar-refractivity contribution in [3.05, 3.63) is 10.5 Å². The van der Waals surface area contributed by atoms with Gasteiger partial charge in [-0.3, -0.25) is 0 Å². The predicted octanol–water partition coefficient (Wildman–Crippen LogP) is 5.16. The summed E-state index contributed by atoms with van der Waals surface area (Å²) in [5.41, 5.74) is 0. The molecule has 17 heavy (non-hydrogen) atoms. The van der Waals surface area contributed by atoms with Crippen LogP contribution in [-0.4, -0.2) is 19.8 Å².